The van der Waals surface area contributed by atoms with Crippen molar-refractivity contribution in [2.45, 2.75) is 6.04 Å². The van der Waals surface area contributed by atoms with Crippen LogP contribution in [0.3, 0.4) is 0 Å². The van der Waals surface area contributed by atoms with E-state index in [0.29, 0.717) is 12.2 Å². The standard InChI is InChI=1S/C11H13N5O2/c12-9(8-4-2-1-3-5-8)6-13-10-7-14-15-11(10)16(17)18/h1-5,7,9,13H,6,12H2,(H,14,15). The SMILES string of the molecule is NC(CNc1cn[nH]c1[N+](=O)[O-])c1ccccc1. The molecule has 0 saturated carbocycles. The lowest BCUT2D eigenvalue weighted by Crippen LogP contribution is -2.20. The molecule has 7 nitrogen and oxygen atoms in total. The summed E-state index contributed by atoms with van der Waals surface area (Å²) in [5.74, 6) is -0.157. The van der Waals surface area contributed by atoms with Gasteiger partial charge in [0.1, 0.15) is 6.20 Å². The molecule has 4 N–H and O–H groups in total. The second kappa shape index (κ2) is 5.28. The first-order chi connectivity index (χ1) is 8.68. The van der Waals surface area contributed by atoms with Crippen LogP contribution in [0.4, 0.5) is 11.5 Å². The van der Waals surface area contributed by atoms with Crippen molar-refractivity contribution >= 4 is 11.5 Å². The van der Waals surface area contributed by atoms with Gasteiger partial charge in [-0.25, -0.2) is 0 Å². The molecule has 0 spiro atoms. The highest BCUT2D eigenvalue weighted by molar-refractivity contribution is 5.55. The van der Waals surface area contributed by atoms with Gasteiger partial charge in [-0.05, 0) is 10.5 Å². The predicted molar refractivity (Wildman–Crippen MR) is 67.1 cm³/mol. The Morgan fingerprint density at radius 2 is 2.17 bits per heavy atom. The van der Waals surface area contributed by atoms with Crippen molar-refractivity contribution in [2.24, 2.45) is 5.73 Å². The molecule has 1 aromatic heterocycles. The summed E-state index contributed by atoms with van der Waals surface area (Å²) in [6, 6.07) is 9.29. The molecule has 2 rings (SSSR count). The quantitative estimate of drug-likeness (QED) is 0.547. The topological polar surface area (TPSA) is 110 Å². The van der Waals surface area contributed by atoms with Crippen LogP contribution in [0, 0.1) is 10.1 Å². The summed E-state index contributed by atoms with van der Waals surface area (Å²) in [5.41, 5.74) is 7.28. The summed E-state index contributed by atoms with van der Waals surface area (Å²) in [6.45, 7) is 0.393. The van der Waals surface area contributed by atoms with E-state index in [1.807, 2.05) is 30.3 Å². The summed E-state index contributed by atoms with van der Waals surface area (Å²) in [5, 5.41) is 19.5. The molecule has 1 heterocycles. The molecule has 1 aromatic carbocycles. The fourth-order valence-electron chi connectivity index (χ4n) is 1.59. The van der Waals surface area contributed by atoms with Gasteiger partial charge in [0.2, 0.25) is 0 Å². The average Bonchev–Trinajstić information content (AvgIpc) is 2.85. The molecule has 0 saturated heterocycles. The van der Waals surface area contributed by atoms with Crippen LogP contribution >= 0.6 is 0 Å². The number of hydrogen-bond donors (Lipinski definition) is 3. The summed E-state index contributed by atoms with van der Waals surface area (Å²) in [6.07, 6.45) is 1.37. The number of anilines is 1. The van der Waals surface area contributed by atoms with Gasteiger partial charge in [0.05, 0.1) is 0 Å². The monoisotopic (exact) mass is 247 g/mol. The zero-order chi connectivity index (χ0) is 13.0. The predicted octanol–water partition coefficient (Wildman–Crippen LogP) is 1.43. The maximum atomic E-state index is 10.7. The Morgan fingerprint density at radius 1 is 1.44 bits per heavy atom. The van der Waals surface area contributed by atoms with E-state index in [2.05, 4.69) is 15.5 Å². The van der Waals surface area contributed by atoms with Crippen LogP contribution in [0.1, 0.15) is 11.6 Å². The largest absolute Gasteiger partial charge is 0.375 e. The molecule has 0 amide bonds. The maximum absolute atomic E-state index is 10.7. The number of rotatable bonds is 5. The third-order valence-corrected chi connectivity index (χ3v) is 2.54. The Morgan fingerprint density at radius 3 is 2.83 bits per heavy atom. The highest BCUT2D eigenvalue weighted by atomic mass is 16.6. The summed E-state index contributed by atoms with van der Waals surface area (Å²) >= 11 is 0. The number of benzene rings is 1. The molecule has 2 aromatic rings. The molecule has 0 aliphatic rings. The zero-order valence-corrected chi connectivity index (χ0v) is 9.54. The van der Waals surface area contributed by atoms with Gasteiger partial charge < -0.3 is 21.2 Å². The van der Waals surface area contributed by atoms with Crippen molar-refractivity contribution in [1.82, 2.24) is 10.2 Å². The van der Waals surface area contributed by atoms with E-state index in [9.17, 15) is 10.1 Å². The molecule has 7 heteroatoms. The van der Waals surface area contributed by atoms with Crippen molar-refractivity contribution in [1.29, 1.82) is 0 Å². The number of nitrogens with zero attached hydrogens (tertiary/aromatic N) is 2. The minimum absolute atomic E-state index is 0.157. The first-order valence-corrected chi connectivity index (χ1v) is 5.40. The second-order valence-corrected chi connectivity index (χ2v) is 3.79. The first kappa shape index (κ1) is 12.1. The lowest BCUT2D eigenvalue weighted by molar-refractivity contribution is -0.388. The molecule has 18 heavy (non-hydrogen) atoms. The second-order valence-electron chi connectivity index (χ2n) is 3.79. The van der Waals surface area contributed by atoms with Crippen LogP contribution in [0.5, 0.6) is 0 Å². The normalized spacial score (nSPS) is 12.1. The minimum Gasteiger partial charge on any atom is -0.375 e. The summed E-state index contributed by atoms with van der Waals surface area (Å²) in [4.78, 5) is 10.1. The molecule has 0 aliphatic carbocycles. The molecule has 94 valence electrons. The molecule has 0 radical (unpaired) electrons. The third kappa shape index (κ3) is 2.64. The number of nitrogens with two attached hydrogens (primary N) is 1. The smallest absolute Gasteiger partial charge is 0.366 e. The fraction of sp³-hybridized carbons (Fsp3) is 0.182. The summed E-state index contributed by atoms with van der Waals surface area (Å²) in [7, 11) is 0. The van der Waals surface area contributed by atoms with Gasteiger partial charge in [-0.1, -0.05) is 35.4 Å². The van der Waals surface area contributed by atoms with Crippen molar-refractivity contribution in [3.05, 3.63) is 52.2 Å². The maximum Gasteiger partial charge on any atom is 0.366 e. The number of aromatic nitrogens is 2. The van der Waals surface area contributed by atoms with Gasteiger partial charge in [-0.15, -0.1) is 5.10 Å². The number of H-pyrrole nitrogens is 1. The van der Waals surface area contributed by atoms with E-state index in [0.717, 1.165) is 5.56 Å². The summed E-state index contributed by atoms with van der Waals surface area (Å²) < 4.78 is 0. The Balaban J connectivity index is 1.99. The number of aromatic amines is 1. The van der Waals surface area contributed by atoms with Gasteiger partial charge >= 0.3 is 5.82 Å². The zero-order valence-electron chi connectivity index (χ0n) is 9.54. The van der Waals surface area contributed by atoms with Gasteiger partial charge in [-0.2, -0.15) is 0 Å². The molecule has 0 aliphatic heterocycles. The molecule has 0 fully saturated rings. The fourth-order valence-corrected chi connectivity index (χ4v) is 1.59. The van der Waals surface area contributed by atoms with E-state index in [1.54, 1.807) is 0 Å². The first-order valence-electron chi connectivity index (χ1n) is 5.40. The Bertz CT molecular complexity index is 525. The van der Waals surface area contributed by atoms with Crippen molar-refractivity contribution in [2.75, 3.05) is 11.9 Å². The Hall–Kier alpha value is -2.41. The van der Waals surface area contributed by atoms with Gasteiger partial charge in [-0.3, -0.25) is 0 Å². The number of nitrogens with one attached hydrogen (secondary N) is 2. The lowest BCUT2D eigenvalue weighted by atomic mass is 10.1. The van der Waals surface area contributed by atoms with Crippen LogP contribution < -0.4 is 11.1 Å². The van der Waals surface area contributed by atoms with Crippen LogP contribution in [0.2, 0.25) is 0 Å². The van der Waals surface area contributed by atoms with E-state index in [-0.39, 0.29) is 11.9 Å². The molecule has 1 atom stereocenters. The molecular weight excluding hydrogens is 234 g/mol. The molecule has 1 unspecified atom stereocenters. The van der Waals surface area contributed by atoms with Gasteiger partial charge in [0.15, 0.2) is 5.69 Å². The van der Waals surface area contributed by atoms with E-state index >= 15 is 0 Å². The molecular formula is C11H13N5O2. The molecule has 0 bridgehead atoms. The van der Waals surface area contributed by atoms with Crippen LogP contribution in [-0.4, -0.2) is 21.7 Å². The van der Waals surface area contributed by atoms with E-state index < -0.39 is 4.92 Å². The average molecular weight is 247 g/mol. The van der Waals surface area contributed by atoms with Crippen LogP contribution in [0.15, 0.2) is 36.5 Å². The van der Waals surface area contributed by atoms with Gasteiger partial charge in [0.25, 0.3) is 0 Å². The van der Waals surface area contributed by atoms with E-state index in [1.165, 1.54) is 6.20 Å². The number of hydrogen-bond acceptors (Lipinski definition) is 5. The van der Waals surface area contributed by atoms with E-state index in [4.69, 9.17) is 5.73 Å². The lowest BCUT2D eigenvalue weighted by Gasteiger charge is -2.12. The minimum atomic E-state index is -0.524. The van der Waals surface area contributed by atoms with Crippen molar-refractivity contribution < 1.29 is 4.92 Å². The Labute approximate surface area is 103 Å². The van der Waals surface area contributed by atoms with Crippen LogP contribution in [0.25, 0.3) is 0 Å². The third-order valence-electron chi connectivity index (χ3n) is 2.54. The van der Waals surface area contributed by atoms with Crippen molar-refractivity contribution in [3.63, 3.8) is 0 Å². The van der Waals surface area contributed by atoms with Gasteiger partial charge in [0, 0.05) is 12.6 Å². The van der Waals surface area contributed by atoms with Crippen LogP contribution in [-0.2, 0) is 0 Å². The highest BCUT2D eigenvalue weighted by Gasteiger charge is 2.15. The Kier molecular flexibility index (Phi) is 3.54. The van der Waals surface area contributed by atoms with Crippen molar-refractivity contribution in [3.8, 4) is 0 Å². The highest BCUT2D eigenvalue weighted by Crippen LogP contribution is 2.20. The number of nitro groups is 1.